The number of benzene rings is 2. The third-order valence-corrected chi connectivity index (χ3v) is 4.60. The highest BCUT2D eigenvalue weighted by Gasteiger charge is 2.11. The summed E-state index contributed by atoms with van der Waals surface area (Å²) in [6.45, 7) is 2.03. The Balaban J connectivity index is 2.19. The van der Waals surface area contributed by atoms with Gasteiger partial charge in [0.25, 0.3) is 0 Å². The van der Waals surface area contributed by atoms with Crippen molar-refractivity contribution >= 4 is 31.9 Å². The molecular formula is C15H14Br2O. The van der Waals surface area contributed by atoms with Crippen molar-refractivity contribution in [1.82, 2.24) is 0 Å². The van der Waals surface area contributed by atoms with Gasteiger partial charge >= 0.3 is 0 Å². The lowest BCUT2D eigenvalue weighted by molar-refractivity contribution is 0.178. The predicted molar refractivity (Wildman–Crippen MR) is 81.7 cm³/mol. The topological polar surface area (TPSA) is 20.2 Å². The van der Waals surface area contributed by atoms with Gasteiger partial charge in [0.15, 0.2) is 0 Å². The van der Waals surface area contributed by atoms with Gasteiger partial charge in [-0.05, 0) is 35.7 Å². The van der Waals surface area contributed by atoms with E-state index < -0.39 is 6.10 Å². The smallest absolute Gasteiger partial charge is 0.0830 e. The van der Waals surface area contributed by atoms with Crippen molar-refractivity contribution in [3.63, 3.8) is 0 Å². The van der Waals surface area contributed by atoms with Crippen LogP contribution in [0.25, 0.3) is 0 Å². The highest BCUT2D eigenvalue weighted by molar-refractivity contribution is 9.10. The molecule has 0 spiro atoms. The Morgan fingerprint density at radius 2 is 1.78 bits per heavy atom. The Bertz CT molecular complexity index is 552. The van der Waals surface area contributed by atoms with Crippen molar-refractivity contribution in [3.05, 3.63) is 68.1 Å². The molecule has 1 N–H and O–H groups in total. The van der Waals surface area contributed by atoms with Crippen LogP contribution in [0.5, 0.6) is 0 Å². The van der Waals surface area contributed by atoms with Crippen LogP contribution in [0.1, 0.15) is 22.8 Å². The van der Waals surface area contributed by atoms with Crippen molar-refractivity contribution in [1.29, 1.82) is 0 Å². The second-order valence-electron chi connectivity index (χ2n) is 4.32. The maximum atomic E-state index is 10.3. The third-order valence-electron chi connectivity index (χ3n) is 2.94. The van der Waals surface area contributed by atoms with Crippen molar-refractivity contribution in [2.45, 2.75) is 19.4 Å². The van der Waals surface area contributed by atoms with Crippen LogP contribution < -0.4 is 0 Å². The molecule has 0 amide bonds. The largest absolute Gasteiger partial charge is 0.388 e. The first-order valence-corrected chi connectivity index (χ1v) is 7.34. The highest BCUT2D eigenvalue weighted by Crippen LogP contribution is 2.26. The van der Waals surface area contributed by atoms with E-state index >= 15 is 0 Å². The zero-order chi connectivity index (χ0) is 13.1. The zero-order valence-electron chi connectivity index (χ0n) is 10.0. The van der Waals surface area contributed by atoms with E-state index in [-0.39, 0.29) is 0 Å². The summed E-state index contributed by atoms with van der Waals surface area (Å²) >= 11 is 6.97. The molecule has 0 heterocycles. The standard InChI is InChI=1S/C15H14Br2O/c1-10-8-12(6-7-13(10)16)15(18)9-11-4-2-3-5-14(11)17/h2-8,15,18H,9H2,1H3. The van der Waals surface area contributed by atoms with Crippen LogP contribution in [0, 0.1) is 6.92 Å². The normalized spacial score (nSPS) is 12.4. The van der Waals surface area contributed by atoms with Gasteiger partial charge in [0.05, 0.1) is 6.10 Å². The van der Waals surface area contributed by atoms with Gasteiger partial charge in [-0.2, -0.15) is 0 Å². The summed E-state index contributed by atoms with van der Waals surface area (Å²) in [4.78, 5) is 0. The van der Waals surface area contributed by atoms with Gasteiger partial charge in [-0.15, -0.1) is 0 Å². The predicted octanol–water partition coefficient (Wildman–Crippen LogP) is 4.80. The first kappa shape index (κ1) is 13.8. The fourth-order valence-corrected chi connectivity index (χ4v) is 2.56. The van der Waals surface area contributed by atoms with Gasteiger partial charge < -0.3 is 5.11 Å². The second kappa shape index (κ2) is 6.00. The lowest BCUT2D eigenvalue weighted by atomic mass is 10.0. The molecule has 2 aromatic carbocycles. The summed E-state index contributed by atoms with van der Waals surface area (Å²) < 4.78 is 2.11. The average Bonchev–Trinajstić information content (AvgIpc) is 2.35. The van der Waals surface area contributed by atoms with Gasteiger partial charge in [-0.25, -0.2) is 0 Å². The molecule has 0 fully saturated rings. The fraction of sp³-hybridized carbons (Fsp3) is 0.200. The number of aliphatic hydroxyl groups excluding tert-OH is 1. The first-order chi connectivity index (χ1) is 8.58. The minimum atomic E-state index is -0.476. The lowest BCUT2D eigenvalue weighted by Gasteiger charge is -2.13. The van der Waals surface area contributed by atoms with Crippen LogP contribution >= 0.6 is 31.9 Å². The van der Waals surface area contributed by atoms with Crippen molar-refractivity contribution in [2.75, 3.05) is 0 Å². The summed E-state index contributed by atoms with van der Waals surface area (Å²) in [5.74, 6) is 0. The first-order valence-electron chi connectivity index (χ1n) is 5.75. The molecule has 0 radical (unpaired) electrons. The molecule has 2 aromatic rings. The molecule has 18 heavy (non-hydrogen) atoms. The van der Waals surface area contributed by atoms with Gasteiger partial charge in [0.2, 0.25) is 0 Å². The van der Waals surface area contributed by atoms with Gasteiger partial charge in [-0.3, -0.25) is 0 Å². The average molecular weight is 370 g/mol. The van der Waals surface area contributed by atoms with Crippen molar-refractivity contribution in [2.24, 2.45) is 0 Å². The molecule has 0 saturated heterocycles. The molecule has 3 heteroatoms. The molecule has 0 aliphatic rings. The third kappa shape index (κ3) is 3.22. The minimum Gasteiger partial charge on any atom is -0.388 e. The molecule has 0 saturated carbocycles. The number of aryl methyl sites for hydroxylation is 1. The van der Waals surface area contributed by atoms with Crippen LogP contribution in [0.15, 0.2) is 51.4 Å². The van der Waals surface area contributed by atoms with Gasteiger partial charge in [-0.1, -0.05) is 62.2 Å². The molecular weight excluding hydrogens is 356 g/mol. The molecule has 0 aliphatic carbocycles. The van der Waals surface area contributed by atoms with E-state index in [9.17, 15) is 5.11 Å². The second-order valence-corrected chi connectivity index (χ2v) is 6.03. The maximum Gasteiger partial charge on any atom is 0.0830 e. The molecule has 1 atom stereocenters. The Kier molecular flexibility index (Phi) is 4.60. The van der Waals surface area contributed by atoms with Gasteiger partial charge in [0.1, 0.15) is 0 Å². The van der Waals surface area contributed by atoms with Crippen LogP contribution in [-0.2, 0) is 6.42 Å². The van der Waals surface area contributed by atoms with Crippen LogP contribution in [0.4, 0.5) is 0 Å². The number of aliphatic hydroxyl groups is 1. The number of hydrogen-bond donors (Lipinski definition) is 1. The molecule has 0 aromatic heterocycles. The van der Waals surface area contributed by atoms with Crippen LogP contribution in [-0.4, -0.2) is 5.11 Å². The SMILES string of the molecule is Cc1cc(C(O)Cc2ccccc2Br)ccc1Br. The van der Waals surface area contributed by atoms with E-state index in [2.05, 4.69) is 31.9 Å². The lowest BCUT2D eigenvalue weighted by Crippen LogP contribution is -2.02. The number of rotatable bonds is 3. The van der Waals surface area contributed by atoms with E-state index in [4.69, 9.17) is 0 Å². The zero-order valence-corrected chi connectivity index (χ0v) is 13.2. The molecule has 1 unspecified atom stereocenters. The summed E-state index contributed by atoms with van der Waals surface area (Å²) in [6, 6.07) is 13.9. The Morgan fingerprint density at radius 3 is 2.44 bits per heavy atom. The van der Waals surface area contributed by atoms with E-state index in [1.807, 2.05) is 49.4 Å². The summed E-state index contributed by atoms with van der Waals surface area (Å²) in [5, 5.41) is 10.3. The van der Waals surface area contributed by atoms with Crippen molar-refractivity contribution < 1.29 is 5.11 Å². The Hall–Kier alpha value is -0.640. The van der Waals surface area contributed by atoms with Crippen LogP contribution in [0.2, 0.25) is 0 Å². The Labute approximate surface area is 124 Å². The van der Waals surface area contributed by atoms with Crippen molar-refractivity contribution in [3.8, 4) is 0 Å². The maximum absolute atomic E-state index is 10.3. The summed E-state index contributed by atoms with van der Waals surface area (Å²) in [5.41, 5.74) is 3.20. The number of halogens is 2. The van der Waals surface area contributed by atoms with E-state index in [1.54, 1.807) is 0 Å². The molecule has 2 rings (SSSR count). The molecule has 0 bridgehead atoms. The minimum absolute atomic E-state index is 0.476. The molecule has 94 valence electrons. The highest BCUT2D eigenvalue weighted by atomic mass is 79.9. The number of hydrogen-bond acceptors (Lipinski definition) is 1. The van der Waals surface area contributed by atoms with E-state index in [0.29, 0.717) is 6.42 Å². The van der Waals surface area contributed by atoms with Gasteiger partial charge in [0, 0.05) is 15.4 Å². The summed E-state index contributed by atoms with van der Waals surface area (Å²) in [7, 11) is 0. The van der Waals surface area contributed by atoms with Crippen LogP contribution in [0.3, 0.4) is 0 Å². The Morgan fingerprint density at radius 1 is 1.06 bits per heavy atom. The molecule has 0 aliphatic heterocycles. The molecule has 1 nitrogen and oxygen atoms in total. The monoisotopic (exact) mass is 368 g/mol. The van der Waals surface area contributed by atoms with E-state index in [1.165, 1.54) is 0 Å². The quantitative estimate of drug-likeness (QED) is 0.824. The van der Waals surface area contributed by atoms with E-state index in [0.717, 1.165) is 25.6 Å². The fourth-order valence-electron chi connectivity index (χ4n) is 1.87. The summed E-state index contributed by atoms with van der Waals surface area (Å²) in [6.07, 6.45) is 0.137.